The highest BCUT2D eigenvalue weighted by Crippen LogP contribution is 2.32. The molecule has 1 aliphatic rings. The fourth-order valence-corrected chi connectivity index (χ4v) is 2.70. The maximum absolute atomic E-state index is 12.5. The number of nitrogens with zero attached hydrogens (tertiary/aromatic N) is 1. The van der Waals surface area contributed by atoms with Crippen LogP contribution in [0.15, 0.2) is 36.4 Å². The molecule has 3 rings (SSSR count). The van der Waals surface area contributed by atoms with Crippen molar-refractivity contribution in [3.8, 4) is 0 Å². The highest BCUT2D eigenvalue weighted by molar-refractivity contribution is 6.03. The van der Waals surface area contributed by atoms with Crippen molar-refractivity contribution in [2.75, 3.05) is 22.5 Å². The number of carbonyl (C=O) groups is 1. The number of benzene rings is 2. The van der Waals surface area contributed by atoms with Gasteiger partial charge in [0.2, 0.25) is 0 Å². The Hall–Kier alpha value is -2.49. The molecule has 21 heavy (non-hydrogen) atoms. The molecule has 108 valence electrons. The summed E-state index contributed by atoms with van der Waals surface area (Å²) >= 11 is 0. The Morgan fingerprint density at radius 3 is 2.81 bits per heavy atom. The van der Waals surface area contributed by atoms with Crippen molar-refractivity contribution in [3.63, 3.8) is 0 Å². The Morgan fingerprint density at radius 2 is 2.05 bits per heavy atom. The molecule has 0 aromatic heterocycles. The lowest BCUT2D eigenvalue weighted by molar-refractivity contribution is 0.257. The van der Waals surface area contributed by atoms with Gasteiger partial charge in [-0.3, -0.25) is 4.90 Å². The quantitative estimate of drug-likeness (QED) is 0.786. The number of nitrogens with one attached hydrogen (secondary N) is 1. The van der Waals surface area contributed by atoms with Crippen molar-refractivity contribution < 1.29 is 4.79 Å². The van der Waals surface area contributed by atoms with Crippen LogP contribution >= 0.6 is 0 Å². The van der Waals surface area contributed by atoms with Crippen LogP contribution in [-0.4, -0.2) is 12.6 Å². The Morgan fingerprint density at radius 1 is 1.24 bits per heavy atom. The number of urea groups is 1. The summed E-state index contributed by atoms with van der Waals surface area (Å²) < 4.78 is 0. The fraction of sp³-hybridized carbons (Fsp3) is 0.235. The molecule has 0 radical (unpaired) electrons. The van der Waals surface area contributed by atoms with Crippen molar-refractivity contribution in [2.45, 2.75) is 20.3 Å². The first-order chi connectivity index (χ1) is 10.0. The molecule has 0 saturated carbocycles. The summed E-state index contributed by atoms with van der Waals surface area (Å²) in [5.74, 6) is 0. The molecular weight excluding hydrogens is 262 g/mol. The molecule has 4 heteroatoms. The predicted octanol–water partition coefficient (Wildman–Crippen LogP) is 3.48. The highest BCUT2D eigenvalue weighted by Gasteiger charge is 2.25. The van der Waals surface area contributed by atoms with Crippen molar-refractivity contribution >= 4 is 23.1 Å². The summed E-state index contributed by atoms with van der Waals surface area (Å²) in [5.41, 5.74) is 11.8. The smallest absolute Gasteiger partial charge is 0.326 e. The van der Waals surface area contributed by atoms with Gasteiger partial charge >= 0.3 is 6.03 Å². The number of fused-ring (bicyclic) bond motifs is 1. The molecule has 0 fully saturated rings. The van der Waals surface area contributed by atoms with E-state index in [9.17, 15) is 4.79 Å². The zero-order valence-electron chi connectivity index (χ0n) is 12.3. The lowest BCUT2D eigenvalue weighted by Gasteiger charge is -2.19. The summed E-state index contributed by atoms with van der Waals surface area (Å²) in [6.07, 6.45) is 0.873. The standard InChI is InChI=1S/C17H19N3O/c1-11-4-3-5-14(8-11)19-17(21)20-7-6-13-9-12(2)15(18)10-16(13)20/h3-5,8-10H,6-7,18H2,1-2H3,(H,19,21). The molecule has 2 amide bonds. The summed E-state index contributed by atoms with van der Waals surface area (Å²) in [7, 11) is 0. The van der Waals surface area contributed by atoms with E-state index >= 15 is 0 Å². The number of hydrogen-bond acceptors (Lipinski definition) is 2. The average molecular weight is 281 g/mol. The number of hydrogen-bond donors (Lipinski definition) is 2. The van der Waals surface area contributed by atoms with Crippen LogP contribution in [0.2, 0.25) is 0 Å². The van der Waals surface area contributed by atoms with Crippen LogP contribution in [0, 0.1) is 13.8 Å². The summed E-state index contributed by atoms with van der Waals surface area (Å²) in [4.78, 5) is 14.2. The minimum atomic E-state index is -0.109. The Bertz CT molecular complexity index is 709. The van der Waals surface area contributed by atoms with E-state index in [1.165, 1.54) is 5.56 Å². The van der Waals surface area contributed by atoms with Gasteiger partial charge < -0.3 is 11.1 Å². The van der Waals surface area contributed by atoms with E-state index in [1.54, 1.807) is 4.90 Å². The van der Waals surface area contributed by atoms with Crippen LogP contribution < -0.4 is 16.0 Å². The number of aryl methyl sites for hydroxylation is 2. The predicted molar refractivity (Wildman–Crippen MR) is 86.8 cm³/mol. The molecule has 2 aromatic carbocycles. The van der Waals surface area contributed by atoms with Crippen LogP contribution in [-0.2, 0) is 6.42 Å². The first kappa shape index (κ1) is 13.5. The van der Waals surface area contributed by atoms with Crippen LogP contribution in [0.3, 0.4) is 0 Å². The Balaban J connectivity index is 1.84. The number of anilines is 3. The van der Waals surface area contributed by atoms with Crippen molar-refractivity contribution in [1.29, 1.82) is 0 Å². The molecule has 0 unspecified atom stereocenters. The SMILES string of the molecule is Cc1cccc(NC(=O)N2CCc3cc(C)c(N)cc32)c1. The molecule has 0 saturated heterocycles. The Labute approximate surface area is 124 Å². The molecule has 0 bridgehead atoms. The average Bonchev–Trinajstić information content (AvgIpc) is 2.82. The van der Waals surface area contributed by atoms with Gasteiger partial charge in [-0.25, -0.2) is 4.79 Å². The zero-order chi connectivity index (χ0) is 15.0. The second-order valence-electron chi connectivity index (χ2n) is 5.54. The van der Waals surface area contributed by atoms with Gasteiger partial charge in [-0.05, 0) is 55.2 Å². The monoisotopic (exact) mass is 281 g/mol. The normalized spacial score (nSPS) is 13.1. The summed E-state index contributed by atoms with van der Waals surface area (Å²) in [6, 6.07) is 11.7. The van der Waals surface area contributed by atoms with E-state index < -0.39 is 0 Å². The molecular formula is C17H19N3O. The zero-order valence-corrected chi connectivity index (χ0v) is 12.3. The van der Waals surface area contributed by atoms with Crippen molar-refractivity contribution in [2.24, 2.45) is 0 Å². The van der Waals surface area contributed by atoms with E-state index in [1.807, 2.05) is 44.2 Å². The van der Waals surface area contributed by atoms with E-state index in [2.05, 4.69) is 11.4 Å². The molecule has 1 aliphatic heterocycles. The van der Waals surface area contributed by atoms with Crippen molar-refractivity contribution in [3.05, 3.63) is 53.1 Å². The molecule has 4 nitrogen and oxygen atoms in total. The number of nitrogens with two attached hydrogens (primary N) is 1. The summed E-state index contributed by atoms with van der Waals surface area (Å²) in [6.45, 7) is 4.69. The Kier molecular flexibility index (Phi) is 3.29. The lowest BCUT2D eigenvalue weighted by atomic mass is 10.1. The second kappa shape index (κ2) is 5.13. The first-order valence-corrected chi connectivity index (χ1v) is 7.09. The van der Waals surface area contributed by atoms with Crippen LogP contribution in [0.5, 0.6) is 0 Å². The van der Waals surface area contributed by atoms with E-state index in [-0.39, 0.29) is 6.03 Å². The van der Waals surface area contributed by atoms with E-state index in [0.29, 0.717) is 6.54 Å². The number of amides is 2. The van der Waals surface area contributed by atoms with E-state index in [0.717, 1.165) is 34.6 Å². The van der Waals surface area contributed by atoms with Gasteiger partial charge in [-0.1, -0.05) is 18.2 Å². The third kappa shape index (κ3) is 2.57. The van der Waals surface area contributed by atoms with Gasteiger partial charge in [0, 0.05) is 17.9 Å². The van der Waals surface area contributed by atoms with Crippen LogP contribution in [0.25, 0.3) is 0 Å². The van der Waals surface area contributed by atoms with E-state index in [4.69, 9.17) is 5.73 Å². The van der Waals surface area contributed by atoms with Gasteiger partial charge in [0.15, 0.2) is 0 Å². The maximum Gasteiger partial charge on any atom is 0.326 e. The molecule has 0 atom stereocenters. The second-order valence-corrected chi connectivity index (χ2v) is 5.54. The van der Waals surface area contributed by atoms with Gasteiger partial charge in [-0.2, -0.15) is 0 Å². The summed E-state index contributed by atoms with van der Waals surface area (Å²) in [5, 5.41) is 2.95. The largest absolute Gasteiger partial charge is 0.398 e. The molecule has 3 N–H and O–H groups in total. The lowest BCUT2D eigenvalue weighted by Crippen LogP contribution is -2.33. The number of nitrogen functional groups attached to an aromatic ring is 1. The minimum Gasteiger partial charge on any atom is -0.398 e. The van der Waals surface area contributed by atoms with Gasteiger partial charge in [0.1, 0.15) is 0 Å². The van der Waals surface area contributed by atoms with Gasteiger partial charge in [0.25, 0.3) is 0 Å². The van der Waals surface area contributed by atoms with Crippen LogP contribution in [0.1, 0.15) is 16.7 Å². The topological polar surface area (TPSA) is 58.4 Å². The van der Waals surface area contributed by atoms with Crippen molar-refractivity contribution in [1.82, 2.24) is 0 Å². The molecule has 0 spiro atoms. The maximum atomic E-state index is 12.5. The fourth-order valence-electron chi connectivity index (χ4n) is 2.70. The minimum absolute atomic E-state index is 0.109. The van der Waals surface area contributed by atoms with Gasteiger partial charge in [0.05, 0.1) is 5.69 Å². The molecule has 0 aliphatic carbocycles. The number of rotatable bonds is 1. The van der Waals surface area contributed by atoms with Gasteiger partial charge in [-0.15, -0.1) is 0 Å². The van der Waals surface area contributed by atoms with Crippen LogP contribution in [0.4, 0.5) is 21.9 Å². The molecule has 1 heterocycles. The molecule has 2 aromatic rings. The first-order valence-electron chi connectivity index (χ1n) is 7.09. The highest BCUT2D eigenvalue weighted by atomic mass is 16.2. The third-order valence-electron chi connectivity index (χ3n) is 3.88. The third-order valence-corrected chi connectivity index (χ3v) is 3.88. The number of carbonyl (C=O) groups excluding carboxylic acids is 1.